The van der Waals surface area contributed by atoms with Gasteiger partial charge in [-0.15, -0.1) is 0 Å². The fourth-order valence-corrected chi connectivity index (χ4v) is 2.17. The molecule has 0 saturated heterocycles. The molecule has 0 atom stereocenters. The largest absolute Gasteiger partial charge is 0.454 e. The first-order valence-electron chi connectivity index (χ1n) is 6.97. The Labute approximate surface area is 138 Å². The predicted octanol–water partition coefficient (Wildman–Crippen LogP) is 4.78. The number of amides is 1. The number of ether oxygens (including phenoxy) is 1. The van der Waals surface area contributed by atoms with Crippen LogP contribution in [0.4, 0.5) is 5.69 Å². The molecule has 3 aromatic rings. The maximum Gasteiger partial charge on any atom is 0.257 e. The van der Waals surface area contributed by atoms with Crippen LogP contribution in [0, 0.1) is 0 Å². The van der Waals surface area contributed by atoms with Gasteiger partial charge in [0.2, 0.25) is 0 Å². The number of aromatic nitrogens is 1. The number of para-hydroxylation sites is 3. The zero-order valence-corrected chi connectivity index (χ0v) is 12.8. The number of benzene rings is 2. The number of anilines is 1. The summed E-state index contributed by atoms with van der Waals surface area (Å²) in [5.41, 5.74) is 1.03. The highest BCUT2D eigenvalue weighted by Gasteiger charge is 2.11. The lowest BCUT2D eigenvalue weighted by molar-refractivity contribution is 0.102. The van der Waals surface area contributed by atoms with E-state index in [1.54, 1.807) is 42.6 Å². The normalized spacial score (nSPS) is 10.1. The lowest BCUT2D eigenvalue weighted by Crippen LogP contribution is -2.12. The van der Waals surface area contributed by atoms with E-state index in [1.807, 2.05) is 24.3 Å². The molecule has 0 aliphatic carbocycles. The summed E-state index contributed by atoms with van der Waals surface area (Å²) in [6.07, 6.45) is 3.12. The van der Waals surface area contributed by atoms with Crippen molar-refractivity contribution in [2.45, 2.75) is 0 Å². The Hall–Kier alpha value is -2.85. The second-order valence-electron chi connectivity index (χ2n) is 4.72. The van der Waals surface area contributed by atoms with Gasteiger partial charge in [-0.1, -0.05) is 35.9 Å². The lowest BCUT2D eigenvalue weighted by Gasteiger charge is -2.13. The van der Waals surface area contributed by atoms with E-state index >= 15 is 0 Å². The van der Waals surface area contributed by atoms with Crippen molar-refractivity contribution in [2.75, 3.05) is 5.32 Å². The highest BCUT2D eigenvalue weighted by Crippen LogP contribution is 2.33. The van der Waals surface area contributed by atoms with E-state index in [2.05, 4.69) is 10.3 Å². The van der Waals surface area contributed by atoms with Gasteiger partial charge in [-0.2, -0.15) is 0 Å². The summed E-state index contributed by atoms with van der Waals surface area (Å²) in [5.74, 6) is 0.781. The van der Waals surface area contributed by atoms with Crippen molar-refractivity contribution in [3.8, 4) is 11.5 Å². The first-order valence-corrected chi connectivity index (χ1v) is 7.34. The van der Waals surface area contributed by atoms with Gasteiger partial charge in [0.1, 0.15) is 5.75 Å². The number of carbonyl (C=O) groups excluding carboxylic acids is 1. The van der Waals surface area contributed by atoms with Crippen molar-refractivity contribution in [1.29, 1.82) is 0 Å². The van der Waals surface area contributed by atoms with Crippen LogP contribution in [0.25, 0.3) is 0 Å². The minimum absolute atomic E-state index is 0.256. The molecule has 1 amide bonds. The van der Waals surface area contributed by atoms with E-state index < -0.39 is 0 Å². The third-order valence-corrected chi connectivity index (χ3v) is 3.43. The number of pyridine rings is 1. The van der Waals surface area contributed by atoms with E-state index in [-0.39, 0.29) is 5.91 Å². The first-order chi connectivity index (χ1) is 11.2. The summed E-state index contributed by atoms with van der Waals surface area (Å²) in [4.78, 5) is 16.2. The molecule has 1 aromatic heterocycles. The number of nitrogens with one attached hydrogen (secondary N) is 1. The van der Waals surface area contributed by atoms with E-state index in [0.717, 1.165) is 0 Å². The summed E-state index contributed by atoms with van der Waals surface area (Å²) < 4.78 is 5.81. The Morgan fingerprint density at radius 1 is 0.957 bits per heavy atom. The zero-order chi connectivity index (χ0) is 16.1. The highest BCUT2D eigenvalue weighted by molar-refractivity contribution is 6.32. The Morgan fingerprint density at radius 2 is 1.70 bits per heavy atom. The topological polar surface area (TPSA) is 51.2 Å². The summed E-state index contributed by atoms with van der Waals surface area (Å²) in [7, 11) is 0. The molecule has 5 heteroatoms. The smallest absolute Gasteiger partial charge is 0.257 e. The van der Waals surface area contributed by atoms with E-state index in [0.29, 0.717) is 27.8 Å². The Balaban J connectivity index is 1.84. The molecule has 0 fully saturated rings. The Kier molecular flexibility index (Phi) is 4.54. The Morgan fingerprint density at radius 3 is 2.43 bits per heavy atom. The molecule has 1 heterocycles. The van der Waals surface area contributed by atoms with Crippen molar-refractivity contribution in [1.82, 2.24) is 4.98 Å². The third kappa shape index (κ3) is 3.67. The van der Waals surface area contributed by atoms with Crippen LogP contribution in [0.2, 0.25) is 5.02 Å². The molecular weight excluding hydrogens is 312 g/mol. The SMILES string of the molecule is O=C(Nc1ccccc1Oc1ccccc1Cl)c1cccnc1. The number of carbonyl (C=O) groups is 1. The van der Waals surface area contributed by atoms with Gasteiger partial charge in [-0.3, -0.25) is 9.78 Å². The van der Waals surface area contributed by atoms with Crippen LogP contribution in [-0.2, 0) is 0 Å². The van der Waals surface area contributed by atoms with Gasteiger partial charge in [-0.25, -0.2) is 0 Å². The molecule has 0 spiro atoms. The number of halogens is 1. The van der Waals surface area contributed by atoms with Crippen LogP contribution < -0.4 is 10.1 Å². The second-order valence-corrected chi connectivity index (χ2v) is 5.13. The van der Waals surface area contributed by atoms with Gasteiger partial charge in [0.25, 0.3) is 5.91 Å². The molecule has 0 unspecified atom stereocenters. The maximum absolute atomic E-state index is 12.3. The molecule has 3 rings (SSSR count). The van der Waals surface area contributed by atoms with Gasteiger partial charge in [-0.05, 0) is 36.4 Å². The summed E-state index contributed by atoms with van der Waals surface area (Å²) >= 11 is 6.11. The van der Waals surface area contributed by atoms with Crippen molar-refractivity contribution < 1.29 is 9.53 Å². The molecule has 0 radical (unpaired) electrons. The number of hydrogen-bond donors (Lipinski definition) is 1. The van der Waals surface area contributed by atoms with Crippen LogP contribution >= 0.6 is 11.6 Å². The minimum atomic E-state index is -0.256. The van der Waals surface area contributed by atoms with Crippen molar-refractivity contribution in [3.05, 3.63) is 83.6 Å². The van der Waals surface area contributed by atoms with E-state index in [9.17, 15) is 4.79 Å². The minimum Gasteiger partial charge on any atom is -0.454 e. The van der Waals surface area contributed by atoms with Crippen molar-refractivity contribution in [2.24, 2.45) is 0 Å². The lowest BCUT2D eigenvalue weighted by atomic mass is 10.2. The summed E-state index contributed by atoms with van der Waals surface area (Å²) in [5, 5.41) is 3.32. The van der Waals surface area contributed by atoms with Crippen LogP contribution in [0.1, 0.15) is 10.4 Å². The monoisotopic (exact) mass is 324 g/mol. The number of rotatable bonds is 4. The summed E-state index contributed by atoms with van der Waals surface area (Å²) in [6, 6.07) is 17.7. The van der Waals surface area contributed by atoms with Gasteiger partial charge >= 0.3 is 0 Å². The van der Waals surface area contributed by atoms with Gasteiger partial charge in [0.05, 0.1) is 16.3 Å². The van der Waals surface area contributed by atoms with Gasteiger partial charge < -0.3 is 10.1 Å². The standard InChI is InChI=1S/C18H13ClN2O2/c19-14-7-1-3-9-16(14)23-17-10-4-2-8-15(17)21-18(22)13-6-5-11-20-12-13/h1-12H,(H,21,22). The maximum atomic E-state index is 12.3. The predicted molar refractivity (Wildman–Crippen MR) is 90.2 cm³/mol. The first kappa shape index (κ1) is 15.1. The molecule has 0 aliphatic rings. The molecular formula is C18H13ClN2O2. The van der Waals surface area contributed by atoms with Crippen LogP contribution in [0.15, 0.2) is 73.1 Å². The summed E-state index contributed by atoms with van der Waals surface area (Å²) in [6.45, 7) is 0. The quantitative estimate of drug-likeness (QED) is 0.751. The molecule has 4 nitrogen and oxygen atoms in total. The van der Waals surface area contributed by atoms with Crippen LogP contribution in [0.3, 0.4) is 0 Å². The van der Waals surface area contributed by atoms with E-state index in [1.165, 1.54) is 6.20 Å². The average Bonchev–Trinajstić information content (AvgIpc) is 2.59. The molecule has 2 aromatic carbocycles. The second kappa shape index (κ2) is 6.94. The molecule has 0 bridgehead atoms. The number of nitrogens with zero attached hydrogens (tertiary/aromatic N) is 1. The zero-order valence-electron chi connectivity index (χ0n) is 12.1. The van der Waals surface area contributed by atoms with E-state index in [4.69, 9.17) is 16.3 Å². The third-order valence-electron chi connectivity index (χ3n) is 3.12. The number of hydrogen-bond acceptors (Lipinski definition) is 3. The average molecular weight is 325 g/mol. The highest BCUT2D eigenvalue weighted by atomic mass is 35.5. The van der Waals surface area contributed by atoms with Crippen molar-refractivity contribution >= 4 is 23.2 Å². The van der Waals surface area contributed by atoms with Crippen molar-refractivity contribution in [3.63, 3.8) is 0 Å². The van der Waals surface area contributed by atoms with Crippen LogP contribution in [-0.4, -0.2) is 10.9 Å². The fraction of sp³-hybridized carbons (Fsp3) is 0. The van der Waals surface area contributed by atoms with Gasteiger partial charge in [0, 0.05) is 12.4 Å². The fourth-order valence-electron chi connectivity index (χ4n) is 2.00. The Bertz CT molecular complexity index is 822. The molecule has 114 valence electrons. The molecule has 23 heavy (non-hydrogen) atoms. The molecule has 0 saturated carbocycles. The molecule has 0 aliphatic heterocycles. The van der Waals surface area contributed by atoms with Crippen LogP contribution in [0.5, 0.6) is 11.5 Å². The van der Waals surface area contributed by atoms with Gasteiger partial charge in [0.15, 0.2) is 5.75 Å². The molecule has 1 N–H and O–H groups in total.